The average molecular weight is 342 g/mol. The van der Waals surface area contributed by atoms with Crippen molar-refractivity contribution in [1.82, 2.24) is 19.9 Å². The number of hydrogen-bond acceptors (Lipinski definition) is 5. The van der Waals surface area contributed by atoms with E-state index >= 15 is 0 Å². The first-order valence-corrected chi connectivity index (χ1v) is 8.63. The molecule has 7 nitrogen and oxygen atoms in total. The van der Waals surface area contributed by atoms with Gasteiger partial charge in [0.25, 0.3) is 5.91 Å². The molecule has 2 fully saturated rings. The van der Waals surface area contributed by atoms with Crippen LogP contribution in [0.3, 0.4) is 0 Å². The van der Waals surface area contributed by atoms with Crippen LogP contribution < -0.4 is 9.47 Å². The van der Waals surface area contributed by atoms with Crippen LogP contribution in [0.1, 0.15) is 47.3 Å². The van der Waals surface area contributed by atoms with Crippen molar-refractivity contribution >= 4 is 5.91 Å². The highest BCUT2D eigenvalue weighted by Crippen LogP contribution is 2.39. The van der Waals surface area contributed by atoms with Gasteiger partial charge in [0.2, 0.25) is 0 Å². The van der Waals surface area contributed by atoms with Crippen molar-refractivity contribution in [3.63, 3.8) is 0 Å². The summed E-state index contributed by atoms with van der Waals surface area (Å²) in [5.41, 5.74) is 1.61. The lowest BCUT2D eigenvalue weighted by Gasteiger charge is -2.19. The van der Waals surface area contributed by atoms with Crippen LogP contribution in [0.25, 0.3) is 0 Å². The Hall–Kier alpha value is -2.57. The van der Waals surface area contributed by atoms with Gasteiger partial charge in [-0.05, 0) is 31.4 Å². The molecule has 7 heteroatoms. The molecule has 1 aliphatic heterocycles. The minimum absolute atomic E-state index is 0.0409. The summed E-state index contributed by atoms with van der Waals surface area (Å²) in [6, 6.07) is 5.55. The largest absolute Gasteiger partial charge is 0.493 e. The molecule has 25 heavy (non-hydrogen) atoms. The van der Waals surface area contributed by atoms with E-state index in [2.05, 4.69) is 10.3 Å². The zero-order valence-electron chi connectivity index (χ0n) is 14.5. The van der Waals surface area contributed by atoms with Crippen LogP contribution in [0.5, 0.6) is 11.5 Å². The Morgan fingerprint density at radius 3 is 2.76 bits per heavy atom. The normalized spacial score (nSPS) is 19.9. The van der Waals surface area contributed by atoms with E-state index < -0.39 is 0 Å². The fraction of sp³-hybridized carbons (Fsp3) is 0.500. The molecule has 0 N–H and O–H groups in total. The Morgan fingerprint density at radius 1 is 1.20 bits per heavy atom. The maximum Gasteiger partial charge on any atom is 0.257 e. The van der Waals surface area contributed by atoms with Gasteiger partial charge in [-0.3, -0.25) is 4.79 Å². The Kier molecular flexibility index (Phi) is 4.07. The van der Waals surface area contributed by atoms with Gasteiger partial charge in [-0.2, -0.15) is 0 Å². The molecule has 0 bridgehead atoms. The Morgan fingerprint density at radius 2 is 2.04 bits per heavy atom. The number of aromatic nitrogens is 3. The molecule has 132 valence electrons. The molecule has 1 atom stereocenters. The number of rotatable bonds is 5. The second-order valence-electron chi connectivity index (χ2n) is 6.63. The van der Waals surface area contributed by atoms with Crippen molar-refractivity contribution in [3.05, 3.63) is 35.7 Å². The highest BCUT2D eigenvalue weighted by Gasteiger charge is 2.32. The number of amides is 1. The maximum absolute atomic E-state index is 12.9. The SMILES string of the molecule is COc1cccc(C(=O)N2CCC(n3cc(C4CC4)nn3)C2)c1OC. The second-order valence-corrected chi connectivity index (χ2v) is 6.63. The fourth-order valence-corrected chi connectivity index (χ4v) is 3.40. The van der Waals surface area contributed by atoms with E-state index in [-0.39, 0.29) is 11.9 Å². The predicted molar refractivity (Wildman–Crippen MR) is 91.1 cm³/mol. The van der Waals surface area contributed by atoms with E-state index in [0.717, 1.165) is 12.1 Å². The minimum Gasteiger partial charge on any atom is -0.493 e. The number of nitrogens with zero attached hydrogens (tertiary/aromatic N) is 4. The average Bonchev–Trinajstić information content (AvgIpc) is 3.18. The van der Waals surface area contributed by atoms with Crippen LogP contribution in [-0.4, -0.2) is 53.1 Å². The number of benzene rings is 1. The number of carbonyl (C=O) groups is 1. The van der Waals surface area contributed by atoms with Gasteiger partial charge in [0.1, 0.15) is 0 Å². The van der Waals surface area contributed by atoms with Crippen LogP contribution in [0, 0.1) is 0 Å². The first kappa shape index (κ1) is 15.9. The van der Waals surface area contributed by atoms with E-state index in [1.54, 1.807) is 26.4 Å². The first-order chi connectivity index (χ1) is 12.2. The van der Waals surface area contributed by atoms with Gasteiger partial charge in [0.05, 0.1) is 31.5 Å². The molecule has 1 unspecified atom stereocenters. The third kappa shape index (κ3) is 2.94. The summed E-state index contributed by atoms with van der Waals surface area (Å²) in [6.45, 7) is 1.33. The standard InChI is InChI=1S/C18H22N4O3/c1-24-16-5-3-4-14(17(16)25-2)18(23)21-9-8-13(10-21)22-11-15(19-20-22)12-6-7-12/h3-5,11-13H,6-10H2,1-2H3. The zero-order valence-corrected chi connectivity index (χ0v) is 14.5. The van der Waals surface area contributed by atoms with Gasteiger partial charge in [-0.25, -0.2) is 4.68 Å². The molecule has 0 radical (unpaired) electrons. The van der Waals surface area contributed by atoms with Crippen LogP contribution >= 0.6 is 0 Å². The van der Waals surface area contributed by atoms with Crippen molar-refractivity contribution in [1.29, 1.82) is 0 Å². The number of ether oxygens (including phenoxy) is 2. The summed E-state index contributed by atoms with van der Waals surface area (Å²) in [4.78, 5) is 14.8. The number of hydrogen-bond donors (Lipinski definition) is 0. The fourth-order valence-electron chi connectivity index (χ4n) is 3.40. The van der Waals surface area contributed by atoms with Gasteiger partial charge in [0, 0.05) is 25.2 Å². The molecule has 1 saturated heterocycles. The van der Waals surface area contributed by atoms with E-state index in [1.807, 2.05) is 21.8 Å². The summed E-state index contributed by atoms with van der Waals surface area (Å²) in [5, 5.41) is 8.54. The summed E-state index contributed by atoms with van der Waals surface area (Å²) in [6.07, 6.45) is 5.35. The molecule has 1 aromatic carbocycles. The number of carbonyl (C=O) groups excluding carboxylic acids is 1. The third-order valence-electron chi connectivity index (χ3n) is 4.98. The topological polar surface area (TPSA) is 69.5 Å². The summed E-state index contributed by atoms with van der Waals surface area (Å²) >= 11 is 0. The number of methoxy groups -OCH3 is 2. The van der Waals surface area contributed by atoms with Gasteiger partial charge >= 0.3 is 0 Å². The molecular formula is C18H22N4O3. The summed E-state index contributed by atoms with van der Waals surface area (Å²) < 4.78 is 12.6. The van der Waals surface area contributed by atoms with E-state index in [0.29, 0.717) is 36.1 Å². The Labute approximate surface area is 146 Å². The van der Waals surface area contributed by atoms with Crippen molar-refractivity contribution < 1.29 is 14.3 Å². The number of para-hydroxylation sites is 1. The second kappa shape index (κ2) is 6.38. The molecule has 1 saturated carbocycles. The molecule has 1 amide bonds. The van der Waals surface area contributed by atoms with Gasteiger partial charge < -0.3 is 14.4 Å². The molecule has 2 heterocycles. The van der Waals surface area contributed by atoms with Crippen molar-refractivity contribution in [2.75, 3.05) is 27.3 Å². The monoisotopic (exact) mass is 342 g/mol. The maximum atomic E-state index is 12.9. The van der Waals surface area contributed by atoms with Crippen molar-refractivity contribution in [2.24, 2.45) is 0 Å². The predicted octanol–water partition coefficient (Wildman–Crippen LogP) is 2.26. The van der Waals surface area contributed by atoms with Gasteiger partial charge in [-0.15, -0.1) is 5.10 Å². The first-order valence-electron chi connectivity index (χ1n) is 8.63. The third-order valence-corrected chi connectivity index (χ3v) is 4.98. The lowest BCUT2D eigenvalue weighted by Crippen LogP contribution is -2.29. The Bertz CT molecular complexity index is 784. The molecule has 1 aliphatic carbocycles. The van der Waals surface area contributed by atoms with Crippen LogP contribution in [0.15, 0.2) is 24.4 Å². The van der Waals surface area contributed by atoms with Crippen LogP contribution in [0.4, 0.5) is 0 Å². The Balaban J connectivity index is 1.50. The molecule has 2 aliphatic rings. The van der Waals surface area contributed by atoms with Crippen LogP contribution in [0.2, 0.25) is 0 Å². The van der Waals surface area contributed by atoms with Crippen molar-refractivity contribution in [2.45, 2.75) is 31.2 Å². The van der Waals surface area contributed by atoms with Gasteiger partial charge in [-0.1, -0.05) is 11.3 Å². The molecule has 0 spiro atoms. The van der Waals surface area contributed by atoms with E-state index in [1.165, 1.54) is 12.8 Å². The number of likely N-dealkylation sites (tertiary alicyclic amines) is 1. The smallest absolute Gasteiger partial charge is 0.257 e. The van der Waals surface area contributed by atoms with Crippen LogP contribution in [-0.2, 0) is 0 Å². The molecule has 1 aromatic heterocycles. The van der Waals surface area contributed by atoms with Gasteiger partial charge in [0.15, 0.2) is 11.5 Å². The zero-order chi connectivity index (χ0) is 17.4. The molecular weight excluding hydrogens is 320 g/mol. The highest BCUT2D eigenvalue weighted by molar-refractivity contribution is 5.98. The lowest BCUT2D eigenvalue weighted by atomic mass is 10.1. The molecule has 2 aromatic rings. The minimum atomic E-state index is -0.0409. The van der Waals surface area contributed by atoms with E-state index in [9.17, 15) is 4.79 Å². The highest BCUT2D eigenvalue weighted by atomic mass is 16.5. The van der Waals surface area contributed by atoms with E-state index in [4.69, 9.17) is 9.47 Å². The molecule has 4 rings (SSSR count). The lowest BCUT2D eigenvalue weighted by molar-refractivity contribution is 0.0783. The quantitative estimate of drug-likeness (QED) is 0.834. The summed E-state index contributed by atoms with van der Waals surface area (Å²) in [5.74, 6) is 1.60. The summed E-state index contributed by atoms with van der Waals surface area (Å²) in [7, 11) is 3.12. The van der Waals surface area contributed by atoms with Crippen molar-refractivity contribution in [3.8, 4) is 11.5 Å².